The van der Waals surface area contributed by atoms with Crippen LogP contribution < -0.4 is 5.32 Å². The number of halogens is 2. The van der Waals surface area contributed by atoms with E-state index < -0.39 is 0 Å². The molecule has 1 aromatic heterocycles. The fraction of sp³-hybridized carbons (Fsp3) is 0.0833. The molecule has 0 bridgehead atoms. The Morgan fingerprint density at radius 2 is 2.06 bits per heavy atom. The molecule has 0 aliphatic heterocycles. The standard InChI is InChI=1S/C12H9Cl2NOS/c13-7-8-3-1-2-4-10(8)15-12(16)11-9(14)5-6-17-11/h1-6H,7H2,(H,15,16). The molecule has 0 radical (unpaired) electrons. The summed E-state index contributed by atoms with van der Waals surface area (Å²) in [6, 6.07) is 9.12. The average molecular weight is 286 g/mol. The van der Waals surface area contributed by atoms with E-state index >= 15 is 0 Å². The Hall–Kier alpha value is -1.03. The second-order valence-electron chi connectivity index (χ2n) is 3.34. The first-order valence-electron chi connectivity index (χ1n) is 4.90. The molecule has 17 heavy (non-hydrogen) atoms. The van der Waals surface area contributed by atoms with E-state index in [4.69, 9.17) is 23.2 Å². The summed E-state index contributed by atoms with van der Waals surface area (Å²) in [6.07, 6.45) is 0. The maximum absolute atomic E-state index is 11.9. The SMILES string of the molecule is O=C(Nc1ccccc1CCl)c1sccc1Cl. The number of para-hydroxylation sites is 1. The number of thiophene rings is 1. The van der Waals surface area contributed by atoms with Crippen molar-refractivity contribution in [3.63, 3.8) is 0 Å². The Balaban J connectivity index is 2.22. The minimum absolute atomic E-state index is 0.206. The molecule has 0 atom stereocenters. The number of nitrogens with one attached hydrogen (secondary N) is 1. The number of hydrogen-bond donors (Lipinski definition) is 1. The van der Waals surface area contributed by atoms with Gasteiger partial charge in [-0.15, -0.1) is 22.9 Å². The topological polar surface area (TPSA) is 29.1 Å². The Morgan fingerprint density at radius 1 is 1.29 bits per heavy atom. The van der Waals surface area contributed by atoms with Gasteiger partial charge in [-0.2, -0.15) is 0 Å². The molecule has 0 unspecified atom stereocenters. The van der Waals surface area contributed by atoms with Crippen LogP contribution in [-0.2, 0) is 5.88 Å². The van der Waals surface area contributed by atoms with Crippen molar-refractivity contribution in [2.45, 2.75) is 5.88 Å². The molecule has 0 saturated carbocycles. The minimum atomic E-state index is -0.206. The number of benzene rings is 1. The number of rotatable bonds is 3. The third kappa shape index (κ3) is 2.80. The van der Waals surface area contributed by atoms with E-state index in [0.717, 1.165) is 11.3 Å². The molecular formula is C12H9Cl2NOS. The monoisotopic (exact) mass is 285 g/mol. The highest BCUT2D eigenvalue weighted by molar-refractivity contribution is 7.12. The van der Waals surface area contributed by atoms with Gasteiger partial charge in [-0.3, -0.25) is 4.79 Å². The number of carbonyl (C=O) groups excluding carboxylic acids is 1. The maximum Gasteiger partial charge on any atom is 0.267 e. The molecule has 1 amide bonds. The largest absolute Gasteiger partial charge is 0.321 e. The molecule has 88 valence electrons. The Morgan fingerprint density at radius 3 is 2.71 bits per heavy atom. The molecule has 0 spiro atoms. The summed E-state index contributed by atoms with van der Waals surface area (Å²) in [5.41, 5.74) is 1.60. The molecule has 0 aliphatic carbocycles. The predicted molar refractivity (Wildman–Crippen MR) is 73.3 cm³/mol. The van der Waals surface area contributed by atoms with Crippen molar-refractivity contribution in [3.05, 3.63) is 51.2 Å². The van der Waals surface area contributed by atoms with E-state index in [1.165, 1.54) is 11.3 Å². The van der Waals surface area contributed by atoms with E-state index in [9.17, 15) is 4.79 Å². The minimum Gasteiger partial charge on any atom is -0.321 e. The highest BCUT2D eigenvalue weighted by Gasteiger charge is 2.13. The molecule has 5 heteroatoms. The second kappa shape index (κ2) is 5.54. The zero-order valence-electron chi connectivity index (χ0n) is 8.74. The smallest absolute Gasteiger partial charge is 0.267 e. The van der Waals surface area contributed by atoms with Gasteiger partial charge in [-0.05, 0) is 23.1 Å². The fourth-order valence-electron chi connectivity index (χ4n) is 1.39. The van der Waals surface area contributed by atoms with Crippen LogP contribution in [0.2, 0.25) is 5.02 Å². The van der Waals surface area contributed by atoms with Crippen molar-refractivity contribution in [2.24, 2.45) is 0 Å². The van der Waals surface area contributed by atoms with E-state index in [1.54, 1.807) is 11.4 Å². The number of amides is 1. The van der Waals surface area contributed by atoms with E-state index in [-0.39, 0.29) is 5.91 Å². The van der Waals surface area contributed by atoms with Gasteiger partial charge in [0.15, 0.2) is 0 Å². The number of anilines is 1. The third-order valence-corrected chi connectivity index (χ3v) is 3.86. The molecule has 2 aromatic rings. The summed E-state index contributed by atoms with van der Waals surface area (Å²) in [7, 11) is 0. The van der Waals surface area contributed by atoms with Crippen molar-refractivity contribution in [2.75, 3.05) is 5.32 Å². The number of carbonyl (C=O) groups is 1. The van der Waals surface area contributed by atoms with E-state index in [0.29, 0.717) is 15.8 Å². The first-order chi connectivity index (χ1) is 8.22. The molecule has 2 rings (SSSR count). The van der Waals surface area contributed by atoms with Crippen molar-refractivity contribution < 1.29 is 4.79 Å². The van der Waals surface area contributed by atoms with Crippen LogP contribution >= 0.6 is 34.5 Å². The van der Waals surface area contributed by atoms with Gasteiger partial charge < -0.3 is 5.32 Å². The van der Waals surface area contributed by atoms with Crippen LogP contribution in [0.4, 0.5) is 5.69 Å². The highest BCUT2D eigenvalue weighted by atomic mass is 35.5. The first kappa shape index (κ1) is 12.4. The van der Waals surface area contributed by atoms with E-state index in [1.807, 2.05) is 24.3 Å². The normalized spacial score (nSPS) is 10.2. The lowest BCUT2D eigenvalue weighted by Crippen LogP contribution is -2.11. The summed E-state index contributed by atoms with van der Waals surface area (Å²) in [4.78, 5) is 12.4. The lowest BCUT2D eigenvalue weighted by Gasteiger charge is -2.08. The van der Waals surface area contributed by atoms with Crippen LogP contribution in [-0.4, -0.2) is 5.91 Å². The number of alkyl halides is 1. The summed E-state index contributed by atoms with van der Waals surface area (Å²) in [5, 5.41) is 5.06. The van der Waals surface area contributed by atoms with Gasteiger partial charge in [-0.25, -0.2) is 0 Å². The second-order valence-corrected chi connectivity index (χ2v) is 4.93. The molecule has 0 fully saturated rings. The van der Waals surface area contributed by atoms with Crippen molar-refractivity contribution in [1.82, 2.24) is 0 Å². The molecule has 1 N–H and O–H groups in total. The van der Waals surface area contributed by atoms with E-state index in [2.05, 4.69) is 5.32 Å². The molecular weight excluding hydrogens is 277 g/mol. The zero-order valence-corrected chi connectivity index (χ0v) is 11.1. The third-order valence-electron chi connectivity index (χ3n) is 2.23. The lowest BCUT2D eigenvalue weighted by molar-refractivity contribution is 0.103. The fourth-order valence-corrected chi connectivity index (χ4v) is 2.66. The Bertz CT molecular complexity index is 539. The van der Waals surface area contributed by atoms with Crippen LogP contribution in [0, 0.1) is 0 Å². The van der Waals surface area contributed by atoms with Crippen LogP contribution in [0.3, 0.4) is 0 Å². The molecule has 0 saturated heterocycles. The van der Waals surface area contributed by atoms with Crippen LogP contribution in [0.1, 0.15) is 15.2 Å². The van der Waals surface area contributed by atoms with Crippen molar-refractivity contribution in [3.8, 4) is 0 Å². The first-order valence-corrected chi connectivity index (χ1v) is 6.70. The predicted octanol–water partition coefficient (Wildman–Crippen LogP) is 4.39. The summed E-state index contributed by atoms with van der Waals surface area (Å²) in [5.74, 6) is 0.150. The molecule has 0 aliphatic rings. The summed E-state index contributed by atoms with van der Waals surface area (Å²) in [6.45, 7) is 0. The average Bonchev–Trinajstić information content (AvgIpc) is 2.76. The molecule has 1 aromatic carbocycles. The van der Waals surface area contributed by atoms with Gasteiger partial charge in [0.05, 0.1) is 5.02 Å². The summed E-state index contributed by atoms with van der Waals surface area (Å²) < 4.78 is 0. The quantitative estimate of drug-likeness (QED) is 0.833. The van der Waals surface area contributed by atoms with Crippen molar-refractivity contribution >= 4 is 46.1 Å². The van der Waals surface area contributed by atoms with Crippen LogP contribution in [0.15, 0.2) is 35.7 Å². The Kier molecular flexibility index (Phi) is 4.05. The van der Waals surface area contributed by atoms with Crippen LogP contribution in [0.5, 0.6) is 0 Å². The van der Waals surface area contributed by atoms with Gasteiger partial charge in [0, 0.05) is 11.6 Å². The zero-order chi connectivity index (χ0) is 12.3. The van der Waals surface area contributed by atoms with Gasteiger partial charge in [0.2, 0.25) is 0 Å². The highest BCUT2D eigenvalue weighted by Crippen LogP contribution is 2.24. The maximum atomic E-state index is 11.9. The van der Waals surface area contributed by atoms with Crippen LogP contribution in [0.25, 0.3) is 0 Å². The van der Waals surface area contributed by atoms with Gasteiger partial charge in [0.25, 0.3) is 5.91 Å². The lowest BCUT2D eigenvalue weighted by atomic mass is 10.2. The number of hydrogen-bond acceptors (Lipinski definition) is 2. The molecule has 2 nitrogen and oxygen atoms in total. The van der Waals surface area contributed by atoms with Gasteiger partial charge in [-0.1, -0.05) is 29.8 Å². The summed E-state index contributed by atoms with van der Waals surface area (Å²) >= 11 is 13.0. The van der Waals surface area contributed by atoms with Crippen molar-refractivity contribution in [1.29, 1.82) is 0 Å². The molecule has 1 heterocycles. The van der Waals surface area contributed by atoms with Gasteiger partial charge in [0.1, 0.15) is 4.88 Å². The Labute approximate surface area is 113 Å². The van der Waals surface area contributed by atoms with Gasteiger partial charge >= 0.3 is 0 Å².